The highest BCUT2D eigenvalue weighted by Gasteiger charge is 2.43. The van der Waals surface area contributed by atoms with Crippen LogP contribution in [0.3, 0.4) is 0 Å². The SMILES string of the molecule is [N-]=[N+]=NCCOCCOCCOCCO[C@H]1O[C@@H](CO)[C@@H](O)[C@@H](O)[C@H]1O. The van der Waals surface area contributed by atoms with Crippen molar-refractivity contribution in [3.05, 3.63) is 10.4 Å². The molecule has 0 spiro atoms. The van der Waals surface area contributed by atoms with E-state index in [2.05, 4.69) is 10.0 Å². The van der Waals surface area contributed by atoms with Crippen LogP contribution in [0.4, 0.5) is 0 Å². The van der Waals surface area contributed by atoms with Crippen LogP contribution in [0.25, 0.3) is 10.4 Å². The van der Waals surface area contributed by atoms with Gasteiger partial charge in [-0.25, -0.2) is 0 Å². The lowest BCUT2D eigenvalue weighted by atomic mass is 9.99. The zero-order valence-electron chi connectivity index (χ0n) is 14.4. The molecule has 0 aromatic carbocycles. The summed E-state index contributed by atoms with van der Waals surface area (Å²) in [6.07, 6.45) is -6.45. The second-order valence-corrected chi connectivity index (χ2v) is 5.36. The van der Waals surface area contributed by atoms with Crippen LogP contribution in [0, 0.1) is 0 Å². The molecule has 1 aliphatic heterocycles. The molecule has 0 radical (unpaired) electrons. The number of aliphatic hydroxyl groups is 4. The van der Waals surface area contributed by atoms with Gasteiger partial charge < -0.3 is 44.1 Å². The summed E-state index contributed by atoms with van der Waals surface area (Å²) >= 11 is 0. The average Bonchev–Trinajstić information content (AvgIpc) is 2.65. The van der Waals surface area contributed by atoms with Gasteiger partial charge in [0.2, 0.25) is 0 Å². The van der Waals surface area contributed by atoms with Crippen molar-refractivity contribution >= 4 is 0 Å². The molecule has 12 heteroatoms. The first-order valence-electron chi connectivity index (χ1n) is 8.28. The highest BCUT2D eigenvalue weighted by molar-refractivity contribution is 4.88. The van der Waals surface area contributed by atoms with Gasteiger partial charge in [0.15, 0.2) is 6.29 Å². The van der Waals surface area contributed by atoms with E-state index in [1.54, 1.807) is 0 Å². The smallest absolute Gasteiger partial charge is 0.186 e. The maximum absolute atomic E-state index is 9.77. The summed E-state index contributed by atoms with van der Waals surface area (Å²) in [5.74, 6) is 0. The van der Waals surface area contributed by atoms with Crippen molar-refractivity contribution in [2.45, 2.75) is 30.7 Å². The minimum absolute atomic E-state index is 0.0885. The summed E-state index contributed by atoms with van der Waals surface area (Å²) in [4.78, 5) is 2.60. The molecule has 26 heavy (non-hydrogen) atoms. The second kappa shape index (κ2) is 14.1. The monoisotopic (exact) mass is 381 g/mol. The van der Waals surface area contributed by atoms with Gasteiger partial charge in [0, 0.05) is 11.5 Å². The Morgan fingerprint density at radius 2 is 1.42 bits per heavy atom. The molecule has 0 aromatic rings. The largest absolute Gasteiger partial charge is 0.394 e. The van der Waals surface area contributed by atoms with E-state index in [1.165, 1.54) is 0 Å². The van der Waals surface area contributed by atoms with Crippen molar-refractivity contribution in [2.75, 3.05) is 59.4 Å². The molecule has 1 saturated heterocycles. The first-order chi connectivity index (χ1) is 12.6. The molecule has 1 fully saturated rings. The number of rotatable bonds is 14. The number of azide groups is 1. The van der Waals surface area contributed by atoms with Crippen molar-refractivity contribution in [2.24, 2.45) is 5.11 Å². The summed E-state index contributed by atoms with van der Waals surface area (Å²) in [5, 5.41) is 41.4. The van der Waals surface area contributed by atoms with Crippen molar-refractivity contribution < 1.29 is 44.1 Å². The molecule has 1 rings (SSSR count). The molecule has 5 atom stereocenters. The van der Waals surface area contributed by atoms with Crippen molar-refractivity contribution in [1.29, 1.82) is 0 Å². The quantitative estimate of drug-likeness (QED) is 0.117. The van der Waals surface area contributed by atoms with Gasteiger partial charge in [-0.2, -0.15) is 0 Å². The van der Waals surface area contributed by atoms with Gasteiger partial charge in [-0.15, -0.1) is 0 Å². The van der Waals surface area contributed by atoms with E-state index in [9.17, 15) is 15.3 Å². The predicted molar refractivity (Wildman–Crippen MR) is 86.2 cm³/mol. The van der Waals surface area contributed by atoms with Crippen LogP contribution in [-0.4, -0.2) is 111 Å². The fourth-order valence-corrected chi connectivity index (χ4v) is 2.12. The standard InChI is InChI=1S/C14H27N3O9/c15-17-16-1-2-22-3-4-23-5-6-24-7-8-25-14-13(21)12(20)11(19)10(9-18)26-14/h10-14,18-21H,1-9H2/t10-,11+,12+,13+,14-/m0/s1. The second-order valence-electron chi connectivity index (χ2n) is 5.36. The molecule has 1 heterocycles. The lowest BCUT2D eigenvalue weighted by Crippen LogP contribution is -2.59. The zero-order valence-corrected chi connectivity index (χ0v) is 14.4. The van der Waals surface area contributed by atoms with Crippen LogP contribution in [0.5, 0.6) is 0 Å². The van der Waals surface area contributed by atoms with Crippen molar-refractivity contribution in [3.63, 3.8) is 0 Å². The molecule has 0 saturated carbocycles. The molecule has 4 N–H and O–H groups in total. The van der Waals surface area contributed by atoms with Crippen molar-refractivity contribution in [1.82, 2.24) is 0 Å². The molecular weight excluding hydrogens is 354 g/mol. The van der Waals surface area contributed by atoms with E-state index in [-0.39, 0.29) is 19.8 Å². The Hall–Kier alpha value is -1.05. The maximum Gasteiger partial charge on any atom is 0.186 e. The van der Waals surface area contributed by atoms with E-state index < -0.39 is 37.3 Å². The Morgan fingerprint density at radius 3 is 2.00 bits per heavy atom. The summed E-state index contributed by atoms with van der Waals surface area (Å²) in [6, 6.07) is 0. The van der Waals surface area contributed by atoms with Crippen molar-refractivity contribution in [3.8, 4) is 0 Å². The summed E-state index contributed by atoms with van der Waals surface area (Å²) in [5.41, 5.74) is 8.06. The molecular formula is C14H27N3O9. The number of hydrogen-bond acceptors (Lipinski definition) is 10. The fraction of sp³-hybridized carbons (Fsp3) is 1.00. The van der Waals surface area contributed by atoms with E-state index in [1.807, 2.05) is 0 Å². The molecule has 0 unspecified atom stereocenters. The van der Waals surface area contributed by atoms with Crippen LogP contribution in [0.1, 0.15) is 0 Å². The number of hydrogen-bond donors (Lipinski definition) is 4. The van der Waals surface area contributed by atoms with Gasteiger partial charge in [-0.05, 0) is 5.53 Å². The van der Waals surface area contributed by atoms with Gasteiger partial charge in [-0.3, -0.25) is 0 Å². The number of ether oxygens (including phenoxy) is 5. The summed E-state index contributed by atoms with van der Waals surface area (Å²) < 4.78 is 26.1. The summed E-state index contributed by atoms with van der Waals surface area (Å²) in [7, 11) is 0. The number of aliphatic hydroxyl groups excluding tert-OH is 4. The Morgan fingerprint density at radius 1 is 0.846 bits per heavy atom. The van der Waals surface area contributed by atoms with E-state index in [0.29, 0.717) is 33.0 Å². The fourth-order valence-electron chi connectivity index (χ4n) is 2.12. The molecule has 12 nitrogen and oxygen atoms in total. The Kier molecular flexibility index (Phi) is 12.4. The third-order valence-electron chi connectivity index (χ3n) is 3.50. The van der Waals surface area contributed by atoms with E-state index in [0.717, 1.165) is 0 Å². The molecule has 0 aliphatic carbocycles. The van der Waals surface area contributed by atoms with Crippen LogP contribution < -0.4 is 0 Å². The minimum atomic E-state index is -1.46. The molecule has 0 aromatic heterocycles. The molecule has 152 valence electrons. The summed E-state index contributed by atoms with van der Waals surface area (Å²) in [6.45, 7) is 1.89. The zero-order chi connectivity index (χ0) is 19.2. The van der Waals surface area contributed by atoms with Gasteiger partial charge in [0.05, 0.1) is 52.9 Å². The van der Waals surface area contributed by atoms with Gasteiger partial charge >= 0.3 is 0 Å². The van der Waals surface area contributed by atoms with Gasteiger partial charge in [0.25, 0.3) is 0 Å². The van der Waals surface area contributed by atoms with Crippen LogP contribution in [-0.2, 0) is 23.7 Å². The average molecular weight is 381 g/mol. The normalized spacial score (nSPS) is 28.7. The predicted octanol–water partition coefficient (Wildman–Crippen LogP) is -1.84. The van der Waals surface area contributed by atoms with E-state index in [4.69, 9.17) is 34.3 Å². The first kappa shape index (κ1) is 23.0. The Labute approximate surface area is 150 Å². The van der Waals surface area contributed by atoms with Crippen LogP contribution in [0.15, 0.2) is 5.11 Å². The molecule has 0 bridgehead atoms. The molecule has 0 amide bonds. The lowest BCUT2D eigenvalue weighted by Gasteiger charge is -2.39. The van der Waals surface area contributed by atoms with E-state index >= 15 is 0 Å². The van der Waals surface area contributed by atoms with Crippen LogP contribution in [0.2, 0.25) is 0 Å². The lowest BCUT2D eigenvalue weighted by molar-refractivity contribution is -0.302. The Bertz CT molecular complexity index is 409. The number of nitrogens with zero attached hydrogens (tertiary/aromatic N) is 3. The third kappa shape index (κ3) is 8.56. The van der Waals surface area contributed by atoms with Crippen LogP contribution >= 0.6 is 0 Å². The molecule has 1 aliphatic rings. The highest BCUT2D eigenvalue weighted by atomic mass is 16.7. The third-order valence-corrected chi connectivity index (χ3v) is 3.50. The highest BCUT2D eigenvalue weighted by Crippen LogP contribution is 2.21. The maximum atomic E-state index is 9.77. The van der Waals surface area contributed by atoms with Gasteiger partial charge in [0.1, 0.15) is 24.4 Å². The minimum Gasteiger partial charge on any atom is -0.394 e. The van der Waals surface area contributed by atoms with Gasteiger partial charge in [-0.1, -0.05) is 5.11 Å². The Balaban J connectivity index is 1.97. The first-order valence-corrected chi connectivity index (χ1v) is 8.28. The topological polar surface area (TPSA) is 176 Å².